The third-order valence-electron chi connectivity index (χ3n) is 6.64. The molecule has 4 rings (SSSR count). The second-order valence-electron chi connectivity index (χ2n) is 10.4. The summed E-state index contributed by atoms with van der Waals surface area (Å²) in [6, 6.07) is 17.7. The van der Waals surface area contributed by atoms with E-state index in [0.717, 1.165) is 51.4 Å². The molecular formula is C29H35NO3. The molecule has 0 aliphatic heterocycles. The van der Waals surface area contributed by atoms with E-state index in [-0.39, 0.29) is 11.3 Å². The van der Waals surface area contributed by atoms with Crippen LogP contribution in [0, 0.1) is 12.3 Å². The van der Waals surface area contributed by atoms with Crippen LogP contribution in [0.2, 0.25) is 0 Å². The smallest absolute Gasteiger partial charge is 0.119 e. The van der Waals surface area contributed by atoms with Crippen molar-refractivity contribution in [3.8, 4) is 5.75 Å². The van der Waals surface area contributed by atoms with E-state index in [4.69, 9.17) is 9.72 Å². The molecule has 33 heavy (non-hydrogen) atoms. The van der Waals surface area contributed by atoms with Crippen LogP contribution >= 0.6 is 0 Å². The molecule has 0 spiro atoms. The molecule has 0 amide bonds. The van der Waals surface area contributed by atoms with Crippen molar-refractivity contribution >= 4 is 0 Å². The second kappa shape index (κ2) is 9.28. The predicted molar refractivity (Wildman–Crippen MR) is 131 cm³/mol. The molecule has 1 aliphatic carbocycles. The lowest BCUT2D eigenvalue weighted by molar-refractivity contribution is 0.0968. The Morgan fingerprint density at radius 3 is 2.36 bits per heavy atom. The highest BCUT2D eigenvalue weighted by molar-refractivity contribution is 5.48. The minimum atomic E-state index is -0.814. The summed E-state index contributed by atoms with van der Waals surface area (Å²) in [6.07, 6.45) is 0.165. The molecule has 0 bridgehead atoms. The van der Waals surface area contributed by atoms with Crippen LogP contribution in [0.5, 0.6) is 5.75 Å². The number of aromatic nitrogens is 1. The number of ether oxygens (including phenoxy) is 1. The molecule has 1 aromatic heterocycles. The average molecular weight is 446 g/mol. The standard InChI is InChI=1S/C29H35NO3/c1-18(2)27-26(19(3)25-23(30-27)15-29(4,5)16-24(25)31)28(32)21-11-13-22(14-12-21)33-17-20-9-7-6-8-10-20/h6-14,18,24,28,31-32H,15-17H2,1-5H3. The van der Waals surface area contributed by atoms with E-state index in [9.17, 15) is 10.2 Å². The van der Waals surface area contributed by atoms with Crippen LogP contribution in [0.4, 0.5) is 0 Å². The highest BCUT2D eigenvalue weighted by Gasteiger charge is 2.36. The average Bonchev–Trinajstić information content (AvgIpc) is 2.77. The molecule has 4 nitrogen and oxygen atoms in total. The molecule has 0 saturated carbocycles. The van der Waals surface area contributed by atoms with Gasteiger partial charge in [-0.1, -0.05) is 70.2 Å². The lowest BCUT2D eigenvalue weighted by Gasteiger charge is -2.36. The fourth-order valence-electron chi connectivity index (χ4n) is 4.99. The number of pyridine rings is 1. The molecule has 3 aromatic rings. The van der Waals surface area contributed by atoms with Crippen molar-refractivity contribution in [2.24, 2.45) is 5.41 Å². The summed E-state index contributed by atoms with van der Waals surface area (Å²) < 4.78 is 5.90. The topological polar surface area (TPSA) is 62.6 Å². The summed E-state index contributed by atoms with van der Waals surface area (Å²) in [4.78, 5) is 5.00. The first kappa shape index (κ1) is 23.5. The van der Waals surface area contributed by atoms with E-state index in [2.05, 4.69) is 27.7 Å². The van der Waals surface area contributed by atoms with Crippen LogP contribution in [0.3, 0.4) is 0 Å². The van der Waals surface area contributed by atoms with Crippen molar-refractivity contribution in [3.05, 3.63) is 93.8 Å². The number of benzene rings is 2. The maximum atomic E-state index is 11.4. The summed E-state index contributed by atoms with van der Waals surface area (Å²) in [7, 11) is 0. The van der Waals surface area contributed by atoms with Gasteiger partial charge in [-0.3, -0.25) is 4.98 Å². The van der Waals surface area contributed by atoms with Crippen LogP contribution in [0.15, 0.2) is 54.6 Å². The fourth-order valence-corrected chi connectivity index (χ4v) is 4.99. The monoisotopic (exact) mass is 445 g/mol. The zero-order valence-corrected chi connectivity index (χ0v) is 20.3. The largest absolute Gasteiger partial charge is 0.489 e. The van der Waals surface area contributed by atoms with Gasteiger partial charge in [-0.25, -0.2) is 0 Å². The summed E-state index contributed by atoms with van der Waals surface area (Å²) in [5, 5.41) is 22.4. The van der Waals surface area contributed by atoms with Gasteiger partial charge in [0.2, 0.25) is 0 Å². The molecule has 1 aliphatic rings. The summed E-state index contributed by atoms with van der Waals surface area (Å²) in [5.74, 6) is 0.922. The van der Waals surface area contributed by atoms with Crippen molar-refractivity contribution in [1.82, 2.24) is 4.98 Å². The Kier molecular flexibility index (Phi) is 6.60. The van der Waals surface area contributed by atoms with Gasteiger partial charge in [0.05, 0.1) is 6.10 Å². The lowest BCUT2D eigenvalue weighted by atomic mass is 9.72. The van der Waals surface area contributed by atoms with Crippen LogP contribution in [0.25, 0.3) is 0 Å². The number of aliphatic hydroxyl groups excluding tert-OH is 2. The molecule has 174 valence electrons. The summed E-state index contributed by atoms with van der Waals surface area (Å²) in [5.41, 5.74) is 6.48. The molecule has 0 fully saturated rings. The summed E-state index contributed by atoms with van der Waals surface area (Å²) >= 11 is 0. The number of hydrogen-bond acceptors (Lipinski definition) is 4. The van der Waals surface area contributed by atoms with Crippen LogP contribution in [-0.2, 0) is 13.0 Å². The van der Waals surface area contributed by atoms with Gasteiger partial charge in [-0.05, 0) is 59.9 Å². The molecule has 2 N–H and O–H groups in total. The molecule has 0 saturated heterocycles. The number of hydrogen-bond donors (Lipinski definition) is 2. The van der Waals surface area contributed by atoms with Gasteiger partial charge in [0.25, 0.3) is 0 Å². The predicted octanol–water partition coefficient (Wildman–Crippen LogP) is 6.18. The molecular weight excluding hydrogens is 410 g/mol. The lowest BCUT2D eigenvalue weighted by Crippen LogP contribution is -2.29. The Morgan fingerprint density at radius 1 is 1.06 bits per heavy atom. The van der Waals surface area contributed by atoms with E-state index >= 15 is 0 Å². The fraction of sp³-hybridized carbons (Fsp3) is 0.414. The third-order valence-corrected chi connectivity index (χ3v) is 6.64. The maximum absolute atomic E-state index is 11.4. The van der Waals surface area contributed by atoms with Gasteiger partial charge < -0.3 is 14.9 Å². The Morgan fingerprint density at radius 2 is 1.73 bits per heavy atom. The number of fused-ring (bicyclic) bond motifs is 1. The minimum absolute atomic E-state index is 0.00974. The van der Waals surface area contributed by atoms with Crippen LogP contribution in [-0.4, -0.2) is 15.2 Å². The first-order valence-corrected chi connectivity index (χ1v) is 11.8. The van der Waals surface area contributed by atoms with Crippen molar-refractivity contribution in [2.75, 3.05) is 0 Å². The van der Waals surface area contributed by atoms with E-state index in [1.54, 1.807) is 0 Å². The van der Waals surface area contributed by atoms with E-state index in [1.165, 1.54) is 0 Å². The Balaban J connectivity index is 1.63. The quantitative estimate of drug-likeness (QED) is 0.476. The van der Waals surface area contributed by atoms with Gasteiger partial charge in [0.15, 0.2) is 0 Å². The van der Waals surface area contributed by atoms with Crippen molar-refractivity contribution in [3.63, 3.8) is 0 Å². The Labute approximate surface area is 197 Å². The van der Waals surface area contributed by atoms with Gasteiger partial charge in [0, 0.05) is 22.5 Å². The molecule has 4 heteroatoms. The second-order valence-corrected chi connectivity index (χ2v) is 10.4. The third kappa shape index (κ3) is 4.97. The Bertz CT molecular complexity index is 1100. The van der Waals surface area contributed by atoms with E-state index in [1.807, 2.05) is 61.5 Å². The highest BCUT2D eigenvalue weighted by Crippen LogP contribution is 2.44. The highest BCUT2D eigenvalue weighted by atomic mass is 16.5. The van der Waals surface area contributed by atoms with E-state index in [0.29, 0.717) is 13.0 Å². The van der Waals surface area contributed by atoms with Crippen molar-refractivity contribution in [2.45, 2.75) is 72.2 Å². The number of aliphatic hydroxyl groups is 2. The SMILES string of the molecule is Cc1c2c(nc(C(C)C)c1C(O)c1ccc(OCc3ccccc3)cc1)CC(C)(C)CC2O. The first-order valence-electron chi connectivity index (χ1n) is 11.8. The summed E-state index contributed by atoms with van der Waals surface area (Å²) in [6.45, 7) is 11.1. The van der Waals surface area contributed by atoms with E-state index < -0.39 is 12.2 Å². The minimum Gasteiger partial charge on any atom is -0.489 e. The van der Waals surface area contributed by atoms with Gasteiger partial charge in [-0.2, -0.15) is 0 Å². The number of rotatable bonds is 6. The zero-order chi connectivity index (χ0) is 23.8. The first-order chi connectivity index (χ1) is 15.7. The van der Waals surface area contributed by atoms with Gasteiger partial charge >= 0.3 is 0 Å². The maximum Gasteiger partial charge on any atom is 0.119 e. The molecule has 2 unspecified atom stereocenters. The van der Waals surface area contributed by atoms with Crippen molar-refractivity contribution in [1.29, 1.82) is 0 Å². The molecule has 0 radical (unpaired) electrons. The number of nitrogens with zero attached hydrogens (tertiary/aromatic N) is 1. The molecule has 1 heterocycles. The molecule has 2 atom stereocenters. The van der Waals surface area contributed by atoms with Gasteiger partial charge in [0.1, 0.15) is 18.5 Å². The zero-order valence-electron chi connectivity index (χ0n) is 20.3. The van der Waals surface area contributed by atoms with Crippen molar-refractivity contribution < 1.29 is 14.9 Å². The normalized spacial score (nSPS) is 18.1. The van der Waals surface area contributed by atoms with Crippen LogP contribution < -0.4 is 4.74 Å². The molecule has 2 aromatic carbocycles. The Hall–Kier alpha value is -2.69. The van der Waals surface area contributed by atoms with Crippen LogP contribution in [0.1, 0.15) is 91.4 Å². The van der Waals surface area contributed by atoms with Gasteiger partial charge in [-0.15, -0.1) is 0 Å².